The van der Waals surface area contributed by atoms with Gasteiger partial charge in [-0.3, -0.25) is 20.0 Å². The van der Waals surface area contributed by atoms with Gasteiger partial charge in [0, 0.05) is 37.1 Å². The van der Waals surface area contributed by atoms with Crippen LogP contribution >= 0.6 is 11.3 Å². The number of rotatable bonds is 4. The third-order valence-corrected chi connectivity index (χ3v) is 5.29. The number of nitrogens with one attached hydrogen (secondary N) is 1. The van der Waals surface area contributed by atoms with Gasteiger partial charge in [0.1, 0.15) is 5.69 Å². The number of carbonyl (C=O) groups excluding carboxylic acids is 1. The van der Waals surface area contributed by atoms with Gasteiger partial charge in [-0.15, -0.1) is 11.3 Å². The maximum Gasteiger partial charge on any atom is 0.277 e. The summed E-state index contributed by atoms with van der Waals surface area (Å²) in [5.74, 6) is -0.273. The van der Waals surface area contributed by atoms with E-state index >= 15 is 0 Å². The number of fused-ring (bicyclic) bond motifs is 1. The van der Waals surface area contributed by atoms with Gasteiger partial charge >= 0.3 is 0 Å². The number of aryl methyl sites for hydroxylation is 1. The normalized spacial score (nSPS) is 14.0. The lowest BCUT2D eigenvalue weighted by Gasteiger charge is -2.25. The van der Waals surface area contributed by atoms with E-state index in [0.717, 1.165) is 37.4 Å². The van der Waals surface area contributed by atoms with Crippen LogP contribution in [0, 0.1) is 6.92 Å². The Labute approximate surface area is 155 Å². The largest absolute Gasteiger partial charge is 0.296 e. The molecule has 0 saturated carbocycles. The first-order valence-corrected chi connectivity index (χ1v) is 9.34. The second kappa shape index (κ2) is 7.31. The second-order valence-corrected chi connectivity index (χ2v) is 7.42. The highest BCUT2D eigenvalue weighted by Crippen LogP contribution is 2.29. The lowest BCUT2D eigenvalue weighted by atomic mass is 10.1. The number of benzene rings is 1. The predicted molar refractivity (Wildman–Crippen MR) is 101 cm³/mol. The molecule has 1 amide bonds. The van der Waals surface area contributed by atoms with Gasteiger partial charge in [0.25, 0.3) is 5.91 Å². The minimum absolute atomic E-state index is 0.273. The quantitative estimate of drug-likeness (QED) is 0.769. The number of nitrogens with zero attached hydrogens (tertiary/aromatic N) is 4. The fourth-order valence-corrected chi connectivity index (χ4v) is 4.00. The molecule has 0 spiro atoms. The molecule has 1 N–H and O–H groups in total. The Hall–Kier alpha value is -2.64. The van der Waals surface area contributed by atoms with Crippen molar-refractivity contribution in [3.8, 4) is 0 Å². The van der Waals surface area contributed by atoms with Crippen molar-refractivity contribution in [2.24, 2.45) is 0 Å². The van der Waals surface area contributed by atoms with Gasteiger partial charge in [0.05, 0.1) is 17.6 Å². The number of hydrogen-bond acceptors (Lipinski definition) is 6. The van der Waals surface area contributed by atoms with Crippen molar-refractivity contribution in [3.63, 3.8) is 0 Å². The lowest BCUT2D eigenvalue weighted by Crippen LogP contribution is -2.29. The van der Waals surface area contributed by atoms with E-state index in [1.807, 2.05) is 13.0 Å². The van der Waals surface area contributed by atoms with E-state index in [9.17, 15) is 4.79 Å². The summed E-state index contributed by atoms with van der Waals surface area (Å²) < 4.78 is 0. The van der Waals surface area contributed by atoms with Crippen LogP contribution in [-0.4, -0.2) is 32.3 Å². The molecule has 3 heterocycles. The molecule has 7 heteroatoms. The fraction of sp³-hybridized carbons (Fsp3) is 0.263. The number of thiazole rings is 1. The van der Waals surface area contributed by atoms with Gasteiger partial charge in [-0.2, -0.15) is 0 Å². The molecule has 132 valence electrons. The Morgan fingerprint density at radius 3 is 2.85 bits per heavy atom. The molecule has 0 fully saturated rings. The van der Waals surface area contributed by atoms with Crippen LogP contribution in [0.4, 0.5) is 5.13 Å². The predicted octanol–water partition coefficient (Wildman–Crippen LogP) is 3.05. The fourth-order valence-electron chi connectivity index (χ4n) is 2.95. The van der Waals surface area contributed by atoms with Gasteiger partial charge in [0.15, 0.2) is 5.13 Å². The topological polar surface area (TPSA) is 71.0 Å². The zero-order valence-corrected chi connectivity index (χ0v) is 15.3. The van der Waals surface area contributed by atoms with Crippen LogP contribution in [0.3, 0.4) is 0 Å². The first-order chi connectivity index (χ1) is 12.7. The molecule has 0 bridgehead atoms. The summed E-state index contributed by atoms with van der Waals surface area (Å²) in [6.45, 7) is 4.61. The van der Waals surface area contributed by atoms with Crippen molar-refractivity contribution in [1.29, 1.82) is 0 Å². The third-order valence-electron chi connectivity index (χ3n) is 4.29. The van der Waals surface area contributed by atoms with Crippen LogP contribution in [0.2, 0.25) is 0 Å². The van der Waals surface area contributed by atoms with Gasteiger partial charge in [-0.05, 0) is 12.5 Å². The molecular formula is C19H19N5OS. The summed E-state index contributed by atoms with van der Waals surface area (Å²) in [4.78, 5) is 28.7. The SMILES string of the molecule is Cc1cnc(C(=O)Nc2nc3c(s2)CN(Cc2ccccc2)CC3)cn1. The molecule has 0 saturated heterocycles. The molecule has 4 rings (SSSR count). The first-order valence-electron chi connectivity index (χ1n) is 8.52. The molecule has 26 heavy (non-hydrogen) atoms. The molecule has 0 aliphatic carbocycles. The van der Waals surface area contributed by atoms with Crippen LogP contribution < -0.4 is 5.32 Å². The lowest BCUT2D eigenvalue weighted by molar-refractivity contribution is 0.102. The summed E-state index contributed by atoms with van der Waals surface area (Å²) in [7, 11) is 0. The van der Waals surface area contributed by atoms with Gasteiger partial charge < -0.3 is 0 Å². The van der Waals surface area contributed by atoms with E-state index in [2.05, 4.69) is 49.4 Å². The maximum absolute atomic E-state index is 12.3. The Morgan fingerprint density at radius 2 is 2.08 bits per heavy atom. The van der Waals surface area contributed by atoms with Crippen molar-refractivity contribution in [1.82, 2.24) is 19.9 Å². The molecule has 3 aromatic rings. The molecule has 2 aromatic heterocycles. The van der Waals surface area contributed by atoms with E-state index in [1.165, 1.54) is 16.6 Å². The average molecular weight is 365 g/mol. The van der Waals surface area contributed by atoms with Crippen LogP contribution in [-0.2, 0) is 19.5 Å². The molecular weight excluding hydrogens is 346 g/mol. The van der Waals surface area contributed by atoms with E-state index in [1.54, 1.807) is 17.5 Å². The van der Waals surface area contributed by atoms with Crippen LogP contribution in [0.1, 0.15) is 32.3 Å². The Kier molecular flexibility index (Phi) is 4.73. The van der Waals surface area contributed by atoms with Gasteiger partial charge in [-0.25, -0.2) is 9.97 Å². The zero-order chi connectivity index (χ0) is 17.9. The smallest absolute Gasteiger partial charge is 0.277 e. The molecule has 6 nitrogen and oxygen atoms in total. The monoisotopic (exact) mass is 365 g/mol. The molecule has 0 atom stereocenters. The summed E-state index contributed by atoms with van der Waals surface area (Å²) in [5, 5.41) is 3.48. The van der Waals surface area contributed by atoms with Crippen molar-refractivity contribution in [3.05, 3.63) is 70.2 Å². The highest BCUT2D eigenvalue weighted by Gasteiger charge is 2.22. The van der Waals surface area contributed by atoms with Crippen molar-refractivity contribution in [2.75, 3.05) is 11.9 Å². The van der Waals surface area contributed by atoms with E-state index < -0.39 is 0 Å². The Bertz CT molecular complexity index is 907. The van der Waals surface area contributed by atoms with E-state index in [4.69, 9.17) is 0 Å². The van der Waals surface area contributed by atoms with Crippen LogP contribution in [0.5, 0.6) is 0 Å². The summed E-state index contributed by atoms with van der Waals surface area (Å²) in [6.07, 6.45) is 3.97. The third kappa shape index (κ3) is 3.79. The van der Waals surface area contributed by atoms with Crippen LogP contribution in [0.15, 0.2) is 42.7 Å². The van der Waals surface area contributed by atoms with Crippen molar-refractivity contribution >= 4 is 22.4 Å². The minimum Gasteiger partial charge on any atom is -0.296 e. The first kappa shape index (κ1) is 16.8. The Balaban J connectivity index is 1.42. The average Bonchev–Trinajstić information content (AvgIpc) is 3.04. The second-order valence-electron chi connectivity index (χ2n) is 6.33. The highest BCUT2D eigenvalue weighted by atomic mass is 32.1. The number of anilines is 1. The Morgan fingerprint density at radius 1 is 1.23 bits per heavy atom. The number of aromatic nitrogens is 3. The summed E-state index contributed by atoms with van der Waals surface area (Å²) in [5.41, 5.74) is 3.48. The maximum atomic E-state index is 12.3. The molecule has 1 aliphatic rings. The summed E-state index contributed by atoms with van der Waals surface area (Å²) in [6, 6.07) is 10.5. The number of amides is 1. The molecule has 0 unspecified atom stereocenters. The van der Waals surface area contributed by atoms with E-state index in [0.29, 0.717) is 10.8 Å². The zero-order valence-electron chi connectivity index (χ0n) is 14.5. The minimum atomic E-state index is -0.273. The highest BCUT2D eigenvalue weighted by molar-refractivity contribution is 7.15. The van der Waals surface area contributed by atoms with Gasteiger partial charge in [-0.1, -0.05) is 30.3 Å². The van der Waals surface area contributed by atoms with Crippen LogP contribution in [0.25, 0.3) is 0 Å². The van der Waals surface area contributed by atoms with Crippen molar-refractivity contribution < 1.29 is 4.79 Å². The molecule has 0 radical (unpaired) electrons. The number of carbonyl (C=O) groups is 1. The number of hydrogen-bond donors (Lipinski definition) is 1. The van der Waals surface area contributed by atoms with Gasteiger partial charge in [0.2, 0.25) is 0 Å². The van der Waals surface area contributed by atoms with E-state index in [-0.39, 0.29) is 5.91 Å². The standard InChI is InChI=1S/C19H19N5OS/c1-13-9-21-16(10-20-13)18(25)23-19-22-15-7-8-24(12-17(15)26-19)11-14-5-3-2-4-6-14/h2-6,9-10H,7-8,11-12H2,1H3,(H,22,23,25). The summed E-state index contributed by atoms with van der Waals surface area (Å²) >= 11 is 1.54. The molecule has 1 aliphatic heterocycles. The molecule has 1 aromatic carbocycles. The van der Waals surface area contributed by atoms with Crippen molar-refractivity contribution in [2.45, 2.75) is 26.4 Å².